The fraction of sp³-hybridized carbons (Fsp3) is 0.391. The number of rotatable bonds is 7. The molecule has 0 unspecified atom stereocenters. The first kappa shape index (κ1) is 21.9. The Morgan fingerprint density at radius 1 is 1.00 bits per heavy atom. The number of anilines is 1. The van der Waals surface area contributed by atoms with Gasteiger partial charge in [-0.15, -0.1) is 0 Å². The molecule has 32 heavy (non-hydrogen) atoms. The highest BCUT2D eigenvalue weighted by Crippen LogP contribution is 2.45. The van der Waals surface area contributed by atoms with E-state index in [-0.39, 0.29) is 5.75 Å². The van der Waals surface area contributed by atoms with Gasteiger partial charge in [-0.05, 0) is 54.8 Å². The first-order valence-electron chi connectivity index (χ1n) is 10.4. The van der Waals surface area contributed by atoms with Crippen LogP contribution in [0, 0.1) is 0 Å². The molecule has 1 fully saturated rings. The maximum absolute atomic E-state index is 13.1. The fourth-order valence-electron chi connectivity index (χ4n) is 4.12. The molecule has 0 saturated heterocycles. The van der Waals surface area contributed by atoms with Gasteiger partial charge in [0, 0.05) is 5.69 Å². The third kappa shape index (κ3) is 4.76. The fourth-order valence-corrected chi connectivity index (χ4v) is 4.12. The van der Waals surface area contributed by atoms with Gasteiger partial charge in [0.2, 0.25) is 0 Å². The number of hydrogen-bond donors (Lipinski definition) is 1. The van der Waals surface area contributed by atoms with Crippen LogP contribution in [0.3, 0.4) is 0 Å². The van der Waals surface area contributed by atoms with E-state index < -0.39 is 30.5 Å². The molecule has 2 aromatic rings. The third-order valence-corrected chi connectivity index (χ3v) is 5.64. The number of fused-ring (bicyclic) bond motifs is 1. The lowest BCUT2D eigenvalue weighted by molar-refractivity contribution is -0.153. The van der Waals surface area contributed by atoms with E-state index in [0.717, 1.165) is 18.4 Å². The Morgan fingerprint density at radius 2 is 1.69 bits per heavy atom. The van der Waals surface area contributed by atoms with Crippen molar-refractivity contribution in [3.05, 3.63) is 48.0 Å². The molecule has 0 spiro atoms. The highest BCUT2D eigenvalue weighted by Gasteiger charge is 2.45. The van der Waals surface area contributed by atoms with E-state index in [0.29, 0.717) is 43.2 Å². The van der Waals surface area contributed by atoms with Crippen molar-refractivity contribution in [2.75, 3.05) is 25.1 Å². The summed E-state index contributed by atoms with van der Waals surface area (Å²) in [6.45, 7) is -2.45. The van der Waals surface area contributed by atoms with Crippen molar-refractivity contribution in [3.63, 3.8) is 0 Å². The summed E-state index contributed by atoms with van der Waals surface area (Å²) in [7, 11) is 0. The van der Waals surface area contributed by atoms with Crippen LogP contribution in [0.4, 0.5) is 14.5 Å². The number of carbonyl (C=O) groups is 2. The number of amides is 1. The van der Waals surface area contributed by atoms with Gasteiger partial charge < -0.3 is 24.3 Å². The molecule has 1 saturated carbocycles. The standard InChI is InChI=1S/C23H23F2NO6/c24-22(25)32-17-6-4-16(5-7-17)26-20(27)14-31-21(28)23(9-1-2-10-23)15-3-8-18-19(13-15)30-12-11-29-18/h3-8,13,22H,1-2,9-12,14H2,(H,26,27). The van der Waals surface area contributed by atoms with Gasteiger partial charge in [-0.25, -0.2) is 0 Å². The molecule has 9 heteroatoms. The second-order valence-corrected chi connectivity index (χ2v) is 7.67. The van der Waals surface area contributed by atoms with Gasteiger partial charge in [0.05, 0.1) is 5.41 Å². The normalized spacial score (nSPS) is 16.5. The van der Waals surface area contributed by atoms with Gasteiger partial charge in [0.25, 0.3) is 5.91 Å². The van der Waals surface area contributed by atoms with Crippen molar-refractivity contribution in [1.82, 2.24) is 0 Å². The average molecular weight is 447 g/mol. The minimum absolute atomic E-state index is 0.0213. The summed E-state index contributed by atoms with van der Waals surface area (Å²) in [5, 5.41) is 2.57. The lowest BCUT2D eigenvalue weighted by Gasteiger charge is -2.28. The van der Waals surface area contributed by atoms with Crippen LogP contribution in [-0.2, 0) is 19.7 Å². The molecule has 2 aliphatic rings. The molecule has 0 bridgehead atoms. The summed E-state index contributed by atoms with van der Waals surface area (Å²) in [5.74, 6) is 0.237. The first-order chi connectivity index (χ1) is 15.5. The zero-order chi connectivity index (χ0) is 22.6. The van der Waals surface area contributed by atoms with Crippen LogP contribution >= 0.6 is 0 Å². The second-order valence-electron chi connectivity index (χ2n) is 7.67. The Labute approximate surface area is 183 Å². The second kappa shape index (κ2) is 9.42. The highest BCUT2D eigenvalue weighted by molar-refractivity contribution is 5.94. The predicted octanol–water partition coefficient (Wildman–Crippen LogP) is 4.05. The molecule has 0 atom stereocenters. The molecule has 7 nitrogen and oxygen atoms in total. The molecule has 0 aromatic heterocycles. The average Bonchev–Trinajstić information content (AvgIpc) is 3.29. The van der Waals surface area contributed by atoms with Gasteiger partial charge in [-0.1, -0.05) is 18.9 Å². The molecule has 1 heterocycles. The van der Waals surface area contributed by atoms with Gasteiger partial charge in [0.15, 0.2) is 18.1 Å². The molecule has 1 aliphatic carbocycles. The van der Waals surface area contributed by atoms with Crippen molar-refractivity contribution >= 4 is 17.6 Å². The Morgan fingerprint density at radius 3 is 2.38 bits per heavy atom. The summed E-state index contributed by atoms with van der Waals surface area (Å²) in [6.07, 6.45) is 3.00. The van der Waals surface area contributed by atoms with Crippen LogP contribution in [0.2, 0.25) is 0 Å². The Balaban J connectivity index is 1.39. The van der Waals surface area contributed by atoms with Gasteiger partial charge >= 0.3 is 12.6 Å². The number of halogens is 2. The van der Waals surface area contributed by atoms with Crippen LogP contribution in [0.25, 0.3) is 0 Å². The SMILES string of the molecule is O=C(COC(=O)C1(c2ccc3c(c2)OCCO3)CCCC1)Nc1ccc(OC(F)F)cc1. The number of esters is 1. The van der Waals surface area contributed by atoms with Gasteiger partial charge in [-0.2, -0.15) is 8.78 Å². The van der Waals surface area contributed by atoms with Crippen LogP contribution in [0.1, 0.15) is 31.2 Å². The van der Waals surface area contributed by atoms with Crippen molar-refractivity contribution < 1.29 is 37.3 Å². The Hall–Kier alpha value is -3.36. The highest BCUT2D eigenvalue weighted by atomic mass is 19.3. The molecule has 0 radical (unpaired) electrons. The molecule has 4 rings (SSSR count). The number of benzene rings is 2. The number of carbonyl (C=O) groups excluding carboxylic acids is 2. The van der Waals surface area contributed by atoms with E-state index in [1.54, 1.807) is 6.07 Å². The zero-order valence-electron chi connectivity index (χ0n) is 17.3. The zero-order valence-corrected chi connectivity index (χ0v) is 17.3. The van der Waals surface area contributed by atoms with Gasteiger partial charge in [0.1, 0.15) is 19.0 Å². The van der Waals surface area contributed by atoms with E-state index >= 15 is 0 Å². The number of alkyl halides is 2. The topological polar surface area (TPSA) is 83.1 Å². The summed E-state index contributed by atoms with van der Waals surface area (Å²) < 4.78 is 45.3. The van der Waals surface area contributed by atoms with E-state index in [2.05, 4.69) is 10.1 Å². The van der Waals surface area contributed by atoms with Crippen LogP contribution < -0.4 is 19.5 Å². The van der Waals surface area contributed by atoms with Crippen molar-refractivity contribution in [2.45, 2.75) is 37.7 Å². The number of hydrogen-bond acceptors (Lipinski definition) is 6. The van der Waals surface area contributed by atoms with E-state index in [1.807, 2.05) is 12.1 Å². The lowest BCUT2D eigenvalue weighted by atomic mass is 9.78. The van der Waals surface area contributed by atoms with Crippen LogP contribution in [0.15, 0.2) is 42.5 Å². The van der Waals surface area contributed by atoms with E-state index in [9.17, 15) is 18.4 Å². The van der Waals surface area contributed by atoms with E-state index in [4.69, 9.17) is 14.2 Å². The Kier molecular flexibility index (Phi) is 6.43. The van der Waals surface area contributed by atoms with Crippen molar-refractivity contribution in [2.24, 2.45) is 0 Å². The maximum Gasteiger partial charge on any atom is 0.387 e. The smallest absolute Gasteiger partial charge is 0.387 e. The minimum atomic E-state index is -2.92. The summed E-state index contributed by atoms with van der Waals surface area (Å²) in [6, 6.07) is 10.9. The molecule has 2 aromatic carbocycles. The first-order valence-corrected chi connectivity index (χ1v) is 10.4. The summed E-state index contributed by atoms with van der Waals surface area (Å²) in [4.78, 5) is 25.3. The quantitative estimate of drug-likeness (QED) is 0.645. The minimum Gasteiger partial charge on any atom is -0.486 e. The predicted molar refractivity (Wildman–Crippen MR) is 110 cm³/mol. The summed E-state index contributed by atoms with van der Waals surface area (Å²) in [5.41, 5.74) is 0.332. The monoisotopic (exact) mass is 447 g/mol. The van der Waals surface area contributed by atoms with E-state index in [1.165, 1.54) is 24.3 Å². The van der Waals surface area contributed by atoms with Gasteiger partial charge in [-0.3, -0.25) is 9.59 Å². The summed E-state index contributed by atoms with van der Waals surface area (Å²) >= 11 is 0. The molecule has 1 N–H and O–H groups in total. The molecule has 1 aliphatic heterocycles. The lowest BCUT2D eigenvalue weighted by Crippen LogP contribution is -2.36. The number of nitrogens with one attached hydrogen (secondary N) is 1. The molecular weight excluding hydrogens is 424 g/mol. The van der Waals surface area contributed by atoms with Crippen LogP contribution in [-0.4, -0.2) is 38.3 Å². The molecule has 170 valence electrons. The van der Waals surface area contributed by atoms with Crippen LogP contribution in [0.5, 0.6) is 17.2 Å². The maximum atomic E-state index is 13.1. The van der Waals surface area contributed by atoms with Crippen molar-refractivity contribution in [3.8, 4) is 17.2 Å². The van der Waals surface area contributed by atoms with Crippen molar-refractivity contribution in [1.29, 1.82) is 0 Å². The largest absolute Gasteiger partial charge is 0.486 e. The number of ether oxygens (including phenoxy) is 4. The Bertz CT molecular complexity index is 973. The third-order valence-electron chi connectivity index (χ3n) is 5.64. The molecular formula is C23H23F2NO6. The molecule has 1 amide bonds.